The van der Waals surface area contributed by atoms with Crippen LogP contribution in [0, 0.1) is 6.92 Å². The van der Waals surface area contributed by atoms with Crippen LogP contribution in [0.1, 0.15) is 63.1 Å². The zero-order valence-corrected chi connectivity index (χ0v) is 19.5. The Balaban J connectivity index is 1.58. The number of aromatic nitrogens is 1. The van der Waals surface area contributed by atoms with Crippen molar-refractivity contribution in [1.29, 1.82) is 0 Å². The van der Waals surface area contributed by atoms with Gasteiger partial charge in [0.25, 0.3) is 11.8 Å². The van der Waals surface area contributed by atoms with E-state index in [1.54, 1.807) is 12.3 Å². The summed E-state index contributed by atoms with van der Waals surface area (Å²) in [6.07, 6.45) is 6.13. The number of hydrogen-bond acceptors (Lipinski definition) is 5. The molecule has 2 amide bonds. The number of fused-ring (bicyclic) bond motifs is 1. The van der Waals surface area contributed by atoms with E-state index in [0.717, 1.165) is 47.4 Å². The van der Waals surface area contributed by atoms with Crippen LogP contribution in [0.5, 0.6) is 0 Å². The van der Waals surface area contributed by atoms with Gasteiger partial charge in [0.15, 0.2) is 5.76 Å². The molecule has 0 atom stereocenters. The van der Waals surface area contributed by atoms with Crippen molar-refractivity contribution >= 4 is 39.1 Å². The molecule has 0 aliphatic heterocycles. The van der Waals surface area contributed by atoms with Crippen molar-refractivity contribution < 1.29 is 14.0 Å². The van der Waals surface area contributed by atoms with Crippen molar-refractivity contribution in [1.82, 2.24) is 10.4 Å². The van der Waals surface area contributed by atoms with E-state index < -0.39 is 0 Å². The topological polar surface area (TPSA) is 96.6 Å². The molecule has 8 heteroatoms. The number of amides is 2. The van der Waals surface area contributed by atoms with E-state index in [4.69, 9.17) is 4.42 Å². The molecule has 32 heavy (non-hydrogen) atoms. The number of anilines is 1. The largest absolute Gasteiger partial charge is 0.455 e. The molecule has 0 fully saturated rings. The second-order valence-electron chi connectivity index (χ2n) is 7.56. The molecular weight excluding hydrogens is 472 g/mol. The quantitative estimate of drug-likeness (QED) is 0.486. The van der Waals surface area contributed by atoms with Crippen LogP contribution in [-0.2, 0) is 12.8 Å². The first-order valence-electron chi connectivity index (χ1n) is 10.5. The van der Waals surface area contributed by atoms with Crippen molar-refractivity contribution in [3.05, 3.63) is 81.0 Å². The fraction of sp³-hybridized carbons (Fsp3) is 0.250. The van der Waals surface area contributed by atoms with Crippen LogP contribution in [0.3, 0.4) is 0 Å². The van der Waals surface area contributed by atoms with E-state index in [1.807, 2.05) is 38.1 Å². The first kappa shape index (κ1) is 22.0. The van der Waals surface area contributed by atoms with Gasteiger partial charge >= 0.3 is 0 Å². The van der Waals surface area contributed by atoms with Crippen LogP contribution in [0.15, 0.2) is 56.7 Å². The van der Waals surface area contributed by atoms with Gasteiger partial charge in [-0.2, -0.15) is 5.10 Å². The monoisotopic (exact) mass is 494 g/mol. The van der Waals surface area contributed by atoms with Crippen molar-refractivity contribution in [2.24, 2.45) is 5.10 Å². The Morgan fingerprint density at radius 3 is 2.78 bits per heavy atom. The fourth-order valence-corrected chi connectivity index (χ4v) is 4.21. The molecule has 0 unspecified atom stereocenters. The summed E-state index contributed by atoms with van der Waals surface area (Å²) in [5.41, 5.74) is 7.07. The maximum atomic E-state index is 13.0. The van der Waals surface area contributed by atoms with Crippen molar-refractivity contribution in [3.63, 3.8) is 0 Å². The highest BCUT2D eigenvalue weighted by Gasteiger charge is 2.28. The average molecular weight is 495 g/mol. The molecule has 7 nitrogen and oxygen atoms in total. The summed E-state index contributed by atoms with van der Waals surface area (Å²) in [5, 5.41) is 7.32. The minimum Gasteiger partial charge on any atom is -0.455 e. The third-order valence-corrected chi connectivity index (χ3v) is 5.87. The van der Waals surface area contributed by atoms with Crippen LogP contribution < -0.4 is 10.7 Å². The Labute approximate surface area is 194 Å². The molecule has 1 aliphatic rings. The van der Waals surface area contributed by atoms with E-state index in [-0.39, 0.29) is 17.6 Å². The molecule has 2 N–H and O–H groups in total. The molecule has 4 rings (SSSR count). The molecule has 1 aliphatic carbocycles. The van der Waals surface area contributed by atoms with Gasteiger partial charge < -0.3 is 9.73 Å². The Morgan fingerprint density at radius 2 is 2.00 bits per heavy atom. The molecule has 0 radical (unpaired) electrons. The smallest absolute Gasteiger partial charge is 0.291 e. The molecule has 3 aromatic rings. The molecule has 0 bridgehead atoms. The molecular formula is C24H23BrN4O3. The highest BCUT2D eigenvalue weighted by molar-refractivity contribution is 9.10. The average Bonchev–Trinajstić information content (AvgIpc) is 3.15. The van der Waals surface area contributed by atoms with Crippen molar-refractivity contribution in [2.45, 2.75) is 39.5 Å². The van der Waals surface area contributed by atoms with Crippen LogP contribution in [0.4, 0.5) is 5.69 Å². The normalized spacial score (nSPS) is 14.2. The maximum absolute atomic E-state index is 13.0. The molecule has 1 aromatic carbocycles. The third kappa shape index (κ3) is 4.50. The highest BCUT2D eigenvalue weighted by atomic mass is 79.9. The van der Waals surface area contributed by atoms with Gasteiger partial charge in [-0.05, 0) is 59.8 Å². The predicted octanol–water partition coefficient (Wildman–Crippen LogP) is 5.03. The number of hydrazone groups is 1. The molecule has 164 valence electrons. The lowest BCUT2D eigenvalue weighted by molar-refractivity contribution is 0.0953. The number of carbonyl (C=O) groups excluding carboxylic acids is 2. The lowest BCUT2D eigenvalue weighted by Crippen LogP contribution is -2.22. The summed E-state index contributed by atoms with van der Waals surface area (Å²) >= 11 is 3.31. The van der Waals surface area contributed by atoms with Crippen molar-refractivity contribution in [2.75, 3.05) is 5.32 Å². The molecule has 0 spiro atoms. The number of halogens is 1. The Morgan fingerprint density at radius 1 is 1.19 bits per heavy atom. The second-order valence-corrected chi connectivity index (χ2v) is 8.48. The SMILES string of the molecule is CCc1ccccc1NC(=O)c1oc2c(c1C)/C(=N/NC(=O)c1cncc(Br)c1)CCC2. The maximum Gasteiger partial charge on any atom is 0.291 e. The third-order valence-electron chi connectivity index (χ3n) is 5.44. The van der Waals surface area contributed by atoms with E-state index in [1.165, 1.54) is 6.20 Å². The Hall–Kier alpha value is -3.26. The van der Waals surface area contributed by atoms with Gasteiger partial charge in [-0.25, -0.2) is 5.43 Å². The number of pyridine rings is 1. The zero-order chi connectivity index (χ0) is 22.7. The number of hydrogen-bond donors (Lipinski definition) is 2. The minimum absolute atomic E-state index is 0.276. The van der Waals surface area contributed by atoms with Gasteiger partial charge in [0, 0.05) is 40.1 Å². The summed E-state index contributed by atoms with van der Waals surface area (Å²) < 4.78 is 6.67. The number of nitrogens with zero attached hydrogens (tertiary/aromatic N) is 2. The first-order chi connectivity index (χ1) is 15.5. The lowest BCUT2D eigenvalue weighted by Gasteiger charge is -2.13. The standard InChI is InChI=1S/C24H23BrN4O3/c1-3-15-7-4-5-8-18(15)27-24(31)22-14(2)21-19(9-6-10-20(21)32-22)28-29-23(30)16-11-17(25)13-26-12-16/h4-5,7-8,11-13H,3,6,9-10H2,1-2H3,(H,27,31)(H,29,30)/b28-19+. The van der Waals surface area contributed by atoms with E-state index in [9.17, 15) is 9.59 Å². The summed E-state index contributed by atoms with van der Waals surface area (Å²) in [5.74, 6) is 0.355. The minimum atomic E-state index is -0.353. The summed E-state index contributed by atoms with van der Waals surface area (Å²) in [4.78, 5) is 29.4. The van der Waals surface area contributed by atoms with Gasteiger partial charge in [-0.3, -0.25) is 14.6 Å². The number of nitrogens with one attached hydrogen (secondary N) is 2. The predicted molar refractivity (Wildman–Crippen MR) is 126 cm³/mol. The van der Waals surface area contributed by atoms with Gasteiger partial charge in [0.2, 0.25) is 0 Å². The molecule has 0 saturated carbocycles. The number of furan rings is 1. The fourth-order valence-electron chi connectivity index (χ4n) is 3.85. The second kappa shape index (κ2) is 9.48. The zero-order valence-electron chi connectivity index (χ0n) is 17.9. The highest BCUT2D eigenvalue weighted by Crippen LogP contribution is 2.30. The number of benzene rings is 1. The molecule has 2 heterocycles. The summed E-state index contributed by atoms with van der Waals surface area (Å²) in [7, 11) is 0. The van der Waals surface area contributed by atoms with E-state index in [0.29, 0.717) is 22.2 Å². The van der Waals surface area contributed by atoms with Gasteiger partial charge in [0.1, 0.15) is 5.76 Å². The number of carbonyl (C=O) groups is 2. The number of aryl methyl sites for hydroxylation is 2. The van der Waals surface area contributed by atoms with Crippen molar-refractivity contribution in [3.8, 4) is 0 Å². The van der Waals surface area contributed by atoms with E-state index in [2.05, 4.69) is 36.8 Å². The van der Waals surface area contributed by atoms with Gasteiger partial charge in [-0.1, -0.05) is 25.1 Å². The van der Waals surface area contributed by atoms with Crippen LogP contribution in [0.2, 0.25) is 0 Å². The van der Waals surface area contributed by atoms with Crippen LogP contribution >= 0.6 is 15.9 Å². The van der Waals surface area contributed by atoms with Crippen LogP contribution in [-0.4, -0.2) is 22.5 Å². The number of rotatable bonds is 5. The summed E-state index contributed by atoms with van der Waals surface area (Å²) in [6.45, 7) is 3.90. The summed E-state index contributed by atoms with van der Waals surface area (Å²) in [6, 6.07) is 9.39. The van der Waals surface area contributed by atoms with Gasteiger partial charge in [-0.15, -0.1) is 0 Å². The molecule has 2 aromatic heterocycles. The lowest BCUT2D eigenvalue weighted by atomic mass is 9.93. The van der Waals surface area contributed by atoms with Gasteiger partial charge in [0.05, 0.1) is 11.3 Å². The Bertz CT molecular complexity index is 1220. The first-order valence-corrected chi connectivity index (χ1v) is 11.3. The van der Waals surface area contributed by atoms with E-state index >= 15 is 0 Å². The Kier molecular flexibility index (Phi) is 6.50. The molecule has 0 saturated heterocycles. The van der Waals surface area contributed by atoms with Crippen LogP contribution in [0.25, 0.3) is 0 Å². The number of para-hydroxylation sites is 1.